The summed E-state index contributed by atoms with van der Waals surface area (Å²) in [6.07, 6.45) is -2.78. The Morgan fingerprint density at radius 1 is 0.878 bits per heavy atom. The molecule has 0 aliphatic carbocycles. The summed E-state index contributed by atoms with van der Waals surface area (Å²) in [6, 6.07) is 19.8. The fraction of sp³-hybridized carbons (Fsp3) is 0.355. The highest BCUT2D eigenvalue weighted by atomic mass is 19.4. The number of nitrogens with zero attached hydrogens (tertiary/aromatic N) is 5. The van der Waals surface area contributed by atoms with Crippen molar-refractivity contribution in [1.82, 2.24) is 19.4 Å². The molecule has 0 saturated carbocycles. The summed E-state index contributed by atoms with van der Waals surface area (Å²) in [5.41, 5.74) is 2.13. The van der Waals surface area contributed by atoms with Crippen molar-refractivity contribution in [2.75, 3.05) is 44.2 Å². The van der Waals surface area contributed by atoms with Gasteiger partial charge in [0.2, 0.25) is 5.91 Å². The molecule has 2 fully saturated rings. The largest absolute Gasteiger partial charge is 0.418 e. The van der Waals surface area contributed by atoms with Crippen LogP contribution < -0.4 is 4.90 Å². The van der Waals surface area contributed by atoms with Crippen LogP contribution in [0.15, 0.2) is 72.8 Å². The van der Waals surface area contributed by atoms with Crippen LogP contribution in [0.3, 0.4) is 0 Å². The first kappa shape index (κ1) is 27.3. The third-order valence-corrected chi connectivity index (χ3v) is 8.08. The van der Waals surface area contributed by atoms with E-state index in [9.17, 15) is 22.4 Å². The van der Waals surface area contributed by atoms with Crippen LogP contribution in [0.4, 0.5) is 23.2 Å². The van der Waals surface area contributed by atoms with E-state index >= 15 is 0 Å². The molecule has 3 heterocycles. The molecular weight excluding hydrogens is 534 g/mol. The van der Waals surface area contributed by atoms with Crippen molar-refractivity contribution in [3.63, 3.8) is 0 Å². The number of imidazole rings is 1. The molecule has 0 spiro atoms. The van der Waals surface area contributed by atoms with Gasteiger partial charge in [0.25, 0.3) is 0 Å². The molecule has 6 nitrogen and oxygen atoms in total. The Balaban J connectivity index is 1.13. The van der Waals surface area contributed by atoms with Crippen LogP contribution in [0.2, 0.25) is 0 Å². The van der Waals surface area contributed by atoms with E-state index in [4.69, 9.17) is 4.98 Å². The van der Waals surface area contributed by atoms with Crippen molar-refractivity contribution >= 4 is 22.6 Å². The van der Waals surface area contributed by atoms with Crippen LogP contribution in [0, 0.1) is 11.7 Å². The highest BCUT2D eigenvalue weighted by Crippen LogP contribution is 2.37. The van der Waals surface area contributed by atoms with Crippen molar-refractivity contribution in [2.24, 2.45) is 5.92 Å². The number of likely N-dealkylation sites (tertiary alicyclic amines) is 1. The molecule has 41 heavy (non-hydrogen) atoms. The first-order chi connectivity index (χ1) is 19.8. The summed E-state index contributed by atoms with van der Waals surface area (Å²) in [5, 5.41) is 0. The van der Waals surface area contributed by atoms with Gasteiger partial charge in [0.05, 0.1) is 29.1 Å². The summed E-state index contributed by atoms with van der Waals surface area (Å²) < 4.78 is 56.3. The van der Waals surface area contributed by atoms with Crippen molar-refractivity contribution in [1.29, 1.82) is 0 Å². The summed E-state index contributed by atoms with van der Waals surface area (Å²) in [5.74, 6) is 0.400. The Hall–Kier alpha value is -3.92. The third kappa shape index (κ3) is 5.66. The normalized spacial score (nSPS) is 18.7. The average molecular weight is 566 g/mol. The maximum atomic E-state index is 13.6. The number of benzene rings is 3. The number of amides is 1. The minimum absolute atomic E-state index is 0.0606. The molecule has 1 amide bonds. The summed E-state index contributed by atoms with van der Waals surface area (Å²) in [7, 11) is 0. The second-order valence-electron chi connectivity index (χ2n) is 10.7. The van der Waals surface area contributed by atoms with Crippen LogP contribution >= 0.6 is 0 Å². The molecule has 1 atom stereocenters. The van der Waals surface area contributed by atoms with E-state index in [1.54, 1.807) is 28.0 Å². The van der Waals surface area contributed by atoms with Gasteiger partial charge in [0.15, 0.2) is 0 Å². The molecule has 2 aliphatic heterocycles. The minimum atomic E-state index is -4.42. The molecular formula is C31H31F4N5O. The number of anilines is 1. The quantitative estimate of drug-likeness (QED) is 0.290. The number of hydrogen-bond donors (Lipinski definition) is 0. The maximum absolute atomic E-state index is 13.6. The number of carbonyl (C=O) groups excluding carboxylic acids is 1. The van der Waals surface area contributed by atoms with Gasteiger partial charge in [0.1, 0.15) is 11.6 Å². The van der Waals surface area contributed by atoms with E-state index in [0.717, 1.165) is 48.0 Å². The zero-order chi connectivity index (χ0) is 28.6. The lowest BCUT2D eigenvalue weighted by atomic mass is 9.96. The number of rotatable bonds is 5. The van der Waals surface area contributed by atoms with Gasteiger partial charge in [-0.25, -0.2) is 9.37 Å². The Labute approximate surface area is 235 Å². The highest BCUT2D eigenvalue weighted by Gasteiger charge is 2.36. The third-order valence-electron chi connectivity index (χ3n) is 8.08. The van der Waals surface area contributed by atoms with Crippen molar-refractivity contribution < 1.29 is 22.4 Å². The zero-order valence-corrected chi connectivity index (χ0v) is 22.5. The lowest BCUT2D eigenvalue weighted by molar-refractivity contribution is -0.139. The maximum Gasteiger partial charge on any atom is 0.418 e. The Bertz CT molecular complexity index is 1530. The van der Waals surface area contributed by atoms with E-state index in [1.807, 2.05) is 28.8 Å². The van der Waals surface area contributed by atoms with Gasteiger partial charge in [0, 0.05) is 44.1 Å². The molecule has 0 N–H and O–H groups in total. The van der Waals surface area contributed by atoms with Crippen molar-refractivity contribution in [3.8, 4) is 5.69 Å². The second-order valence-corrected chi connectivity index (χ2v) is 10.7. The summed E-state index contributed by atoms with van der Waals surface area (Å²) in [6.45, 7) is 3.45. The van der Waals surface area contributed by atoms with Gasteiger partial charge in [-0.3, -0.25) is 14.3 Å². The monoisotopic (exact) mass is 565 g/mol. The van der Waals surface area contributed by atoms with E-state index in [-0.39, 0.29) is 23.3 Å². The molecule has 0 unspecified atom stereocenters. The standard InChI is InChI=1S/C31H31F4N5O/c32-23-11-13-24(14-12-23)40-28-10-4-2-8-26(28)36-29(40)21-37-15-5-6-22(20-37)30(41)39-18-16-38(17-19-39)27-9-3-1-7-25(27)31(33,34)35/h1-4,7-14,22H,5-6,15-21H2/t22-/m1/s1. The van der Waals surface area contributed by atoms with Crippen molar-refractivity contribution in [2.45, 2.75) is 25.6 Å². The number of piperidine rings is 1. The molecule has 10 heteroatoms. The zero-order valence-electron chi connectivity index (χ0n) is 22.5. The van der Waals surface area contributed by atoms with Gasteiger partial charge in [-0.1, -0.05) is 24.3 Å². The minimum Gasteiger partial charge on any atom is -0.367 e. The smallest absolute Gasteiger partial charge is 0.367 e. The van der Waals surface area contributed by atoms with Gasteiger partial charge >= 0.3 is 6.18 Å². The van der Waals surface area contributed by atoms with E-state index in [0.29, 0.717) is 39.3 Å². The van der Waals surface area contributed by atoms with E-state index in [2.05, 4.69) is 4.90 Å². The van der Waals surface area contributed by atoms with E-state index in [1.165, 1.54) is 24.3 Å². The number of aromatic nitrogens is 2. The fourth-order valence-corrected chi connectivity index (χ4v) is 6.08. The number of fused-ring (bicyclic) bond motifs is 1. The SMILES string of the molecule is O=C([C@@H]1CCCN(Cc2nc3ccccc3n2-c2ccc(F)cc2)C1)N1CCN(c2ccccc2C(F)(F)F)CC1. The van der Waals surface area contributed by atoms with Crippen molar-refractivity contribution in [3.05, 3.63) is 90.0 Å². The molecule has 6 rings (SSSR count). The number of halogens is 4. The van der Waals surface area contributed by atoms with Crippen LogP contribution in [0.5, 0.6) is 0 Å². The van der Waals surface area contributed by atoms with E-state index < -0.39 is 11.7 Å². The van der Waals surface area contributed by atoms with Gasteiger partial charge < -0.3 is 9.80 Å². The van der Waals surface area contributed by atoms with Crippen LogP contribution in [0.25, 0.3) is 16.7 Å². The molecule has 3 aromatic carbocycles. The van der Waals surface area contributed by atoms with Crippen LogP contribution in [-0.4, -0.2) is 64.5 Å². The first-order valence-electron chi connectivity index (χ1n) is 13.9. The lowest BCUT2D eigenvalue weighted by Crippen LogP contribution is -2.52. The van der Waals surface area contributed by atoms with Crippen LogP contribution in [-0.2, 0) is 17.5 Å². The molecule has 214 valence electrons. The summed E-state index contributed by atoms with van der Waals surface area (Å²) >= 11 is 0. The molecule has 0 radical (unpaired) electrons. The lowest BCUT2D eigenvalue weighted by Gasteiger charge is -2.40. The van der Waals surface area contributed by atoms with Crippen LogP contribution in [0.1, 0.15) is 24.2 Å². The number of para-hydroxylation sites is 3. The highest BCUT2D eigenvalue weighted by molar-refractivity contribution is 5.80. The Morgan fingerprint density at radius 3 is 2.34 bits per heavy atom. The molecule has 2 saturated heterocycles. The first-order valence-corrected chi connectivity index (χ1v) is 13.9. The number of carbonyl (C=O) groups is 1. The fourth-order valence-electron chi connectivity index (χ4n) is 6.08. The predicted octanol–water partition coefficient (Wildman–Crippen LogP) is 5.74. The molecule has 1 aromatic heterocycles. The number of alkyl halides is 3. The number of piperazine rings is 1. The number of hydrogen-bond acceptors (Lipinski definition) is 4. The van der Waals surface area contributed by atoms with Gasteiger partial charge in [-0.2, -0.15) is 13.2 Å². The Morgan fingerprint density at radius 2 is 1.59 bits per heavy atom. The molecule has 0 bridgehead atoms. The Kier molecular flexibility index (Phi) is 7.42. The summed E-state index contributed by atoms with van der Waals surface area (Å²) in [4.78, 5) is 24.2. The molecule has 4 aromatic rings. The second kappa shape index (κ2) is 11.2. The molecule has 2 aliphatic rings. The topological polar surface area (TPSA) is 44.6 Å². The van der Waals surface area contributed by atoms with Gasteiger partial charge in [-0.05, 0) is 67.9 Å². The predicted molar refractivity (Wildman–Crippen MR) is 149 cm³/mol. The average Bonchev–Trinajstić information content (AvgIpc) is 3.34. The van der Waals surface area contributed by atoms with Gasteiger partial charge in [-0.15, -0.1) is 0 Å².